The van der Waals surface area contributed by atoms with Crippen molar-refractivity contribution in [2.75, 3.05) is 6.61 Å². The highest BCUT2D eigenvalue weighted by atomic mass is 31.2. The maximum atomic E-state index is 12.8. The van der Waals surface area contributed by atoms with Gasteiger partial charge in [0.25, 0.3) is 0 Å². The molecule has 0 aromatic carbocycles. The van der Waals surface area contributed by atoms with Crippen LogP contribution in [0, 0.1) is 0 Å². The van der Waals surface area contributed by atoms with E-state index >= 15 is 0 Å². The molecule has 0 aliphatic heterocycles. The zero-order valence-electron chi connectivity index (χ0n) is 30.8. The Morgan fingerprint density at radius 2 is 1.18 bits per heavy atom. The standard InChI is InChI=1S/C37H68NO12P/c1-3-5-7-9-11-13-14-15-17-19-21-23-25-30(40)29(38-31(41)26-28(39)24-22-20-18-16-12-10-8-6-4-2)27-49-51(47,48)50-37-35(45)33(43)32(42)34(44)36(37)46/h10,12,15,17,23,25,28-30,32-37,39-40,42-46H,3-9,11,13-14,16,18-22,24,26-27H2,1-2H3,(H,38,41)(H,47,48)/b12-10-,17-15+,25-23+. The van der Waals surface area contributed by atoms with Crippen molar-refractivity contribution in [2.24, 2.45) is 0 Å². The molecule has 0 heterocycles. The molecule has 8 unspecified atom stereocenters. The second kappa shape index (κ2) is 28.0. The van der Waals surface area contributed by atoms with E-state index in [2.05, 4.69) is 43.5 Å². The van der Waals surface area contributed by atoms with E-state index in [1.807, 2.05) is 0 Å². The number of nitrogens with one attached hydrogen (secondary N) is 1. The van der Waals surface area contributed by atoms with Crippen LogP contribution >= 0.6 is 7.82 Å². The normalized spacial score (nSPS) is 25.8. The van der Waals surface area contributed by atoms with Crippen molar-refractivity contribution in [1.82, 2.24) is 5.32 Å². The van der Waals surface area contributed by atoms with Crippen LogP contribution in [0.2, 0.25) is 0 Å². The lowest BCUT2D eigenvalue weighted by Crippen LogP contribution is -2.64. The second-order valence-corrected chi connectivity index (χ2v) is 15.0. The lowest BCUT2D eigenvalue weighted by atomic mass is 9.85. The fourth-order valence-corrected chi connectivity index (χ4v) is 6.67. The highest BCUT2D eigenvalue weighted by Gasteiger charge is 2.51. The Balaban J connectivity index is 2.73. The molecule has 1 rings (SSSR count). The van der Waals surface area contributed by atoms with Crippen molar-refractivity contribution in [3.63, 3.8) is 0 Å². The van der Waals surface area contributed by atoms with Gasteiger partial charge < -0.3 is 46.0 Å². The molecule has 9 N–H and O–H groups in total. The number of hydrogen-bond donors (Lipinski definition) is 9. The zero-order chi connectivity index (χ0) is 38.1. The molecule has 0 spiro atoms. The summed E-state index contributed by atoms with van der Waals surface area (Å²) in [5.41, 5.74) is 0. The summed E-state index contributed by atoms with van der Waals surface area (Å²) < 4.78 is 22.7. The minimum atomic E-state index is -5.14. The monoisotopic (exact) mass is 749 g/mol. The molecule has 0 aromatic heterocycles. The fourth-order valence-electron chi connectivity index (χ4n) is 5.70. The van der Waals surface area contributed by atoms with Crippen LogP contribution in [-0.2, 0) is 18.4 Å². The van der Waals surface area contributed by atoms with Crippen LogP contribution in [0.1, 0.15) is 129 Å². The lowest BCUT2D eigenvalue weighted by molar-refractivity contribution is -0.220. The van der Waals surface area contributed by atoms with E-state index in [1.54, 1.807) is 6.08 Å². The first-order chi connectivity index (χ1) is 24.3. The number of allylic oxidation sites excluding steroid dienone is 5. The minimum absolute atomic E-state index is 0.265. The third-order valence-electron chi connectivity index (χ3n) is 8.95. The van der Waals surface area contributed by atoms with Gasteiger partial charge in [-0.15, -0.1) is 0 Å². The smallest absolute Gasteiger partial charge is 0.393 e. The van der Waals surface area contributed by atoms with Crippen LogP contribution in [0.3, 0.4) is 0 Å². The molecule has 1 amide bonds. The molecule has 13 nitrogen and oxygen atoms in total. The Morgan fingerprint density at radius 3 is 1.78 bits per heavy atom. The zero-order valence-corrected chi connectivity index (χ0v) is 31.6. The highest BCUT2D eigenvalue weighted by molar-refractivity contribution is 7.47. The van der Waals surface area contributed by atoms with E-state index in [0.29, 0.717) is 12.8 Å². The summed E-state index contributed by atoms with van der Waals surface area (Å²) in [7, 11) is -5.14. The molecule has 14 heteroatoms. The van der Waals surface area contributed by atoms with Crippen molar-refractivity contribution in [3.05, 3.63) is 36.5 Å². The predicted octanol–water partition coefficient (Wildman–Crippen LogP) is 4.24. The van der Waals surface area contributed by atoms with E-state index in [0.717, 1.165) is 57.8 Å². The predicted molar refractivity (Wildman–Crippen MR) is 197 cm³/mol. The molecule has 0 aromatic rings. The van der Waals surface area contributed by atoms with Gasteiger partial charge in [0.15, 0.2) is 0 Å². The molecule has 8 atom stereocenters. The first-order valence-electron chi connectivity index (χ1n) is 19.0. The number of carbonyl (C=O) groups is 1. The quantitative estimate of drug-likeness (QED) is 0.0297. The Hall–Kier alpha value is -1.48. The van der Waals surface area contributed by atoms with Crippen LogP contribution in [-0.4, -0.2) is 108 Å². The van der Waals surface area contributed by atoms with E-state index in [9.17, 15) is 50.0 Å². The summed E-state index contributed by atoms with van der Waals surface area (Å²) in [4.78, 5) is 23.2. The molecular weight excluding hydrogens is 681 g/mol. The number of phosphoric acid groups is 1. The molecular formula is C37H68NO12P. The number of carbonyl (C=O) groups excluding carboxylic acids is 1. The third kappa shape index (κ3) is 21.1. The van der Waals surface area contributed by atoms with Gasteiger partial charge in [-0.25, -0.2) is 4.57 Å². The first-order valence-corrected chi connectivity index (χ1v) is 20.5. The van der Waals surface area contributed by atoms with Gasteiger partial charge in [0.2, 0.25) is 5.91 Å². The molecule has 1 aliphatic rings. The molecule has 0 bridgehead atoms. The molecule has 0 saturated heterocycles. The Labute approximate surface area is 305 Å². The van der Waals surface area contributed by atoms with E-state index in [-0.39, 0.29) is 6.42 Å². The van der Waals surface area contributed by atoms with Crippen LogP contribution in [0.25, 0.3) is 0 Å². The summed E-state index contributed by atoms with van der Waals surface area (Å²) in [5.74, 6) is -0.618. The summed E-state index contributed by atoms with van der Waals surface area (Å²) in [6, 6.07) is -1.26. The van der Waals surface area contributed by atoms with Gasteiger partial charge in [0.1, 0.15) is 36.6 Å². The lowest BCUT2D eigenvalue weighted by Gasteiger charge is -2.41. The summed E-state index contributed by atoms with van der Waals surface area (Å²) in [6.07, 6.45) is 14.2. The molecule has 1 aliphatic carbocycles. The van der Waals surface area contributed by atoms with Crippen LogP contribution in [0.5, 0.6) is 0 Å². The number of aliphatic hydroxyl groups is 7. The van der Waals surface area contributed by atoms with Crippen LogP contribution in [0.15, 0.2) is 36.5 Å². The van der Waals surface area contributed by atoms with E-state index < -0.39 is 75.2 Å². The third-order valence-corrected chi connectivity index (χ3v) is 9.93. The number of phosphoric ester groups is 1. The van der Waals surface area contributed by atoms with Crippen molar-refractivity contribution in [1.29, 1.82) is 0 Å². The molecule has 1 saturated carbocycles. The Bertz CT molecular complexity index is 1030. The topological polar surface area (TPSA) is 226 Å². The SMILES string of the molecule is CCCC/C=C\CCCCCC(O)CC(=O)NC(COP(=O)(O)OC1C(O)C(O)C(O)C(O)C1O)C(O)/C=C/CC/C=C/CCCCCCCC. The fraction of sp³-hybridized carbons (Fsp3) is 0.811. The van der Waals surface area contributed by atoms with Crippen LogP contribution in [0.4, 0.5) is 0 Å². The van der Waals surface area contributed by atoms with E-state index in [1.165, 1.54) is 44.6 Å². The van der Waals surface area contributed by atoms with Gasteiger partial charge in [0, 0.05) is 0 Å². The summed E-state index contributed by atoms with van der Waals surface area (Å²) >= 11 is 0. The Morgan fingerprint density at radius 1 is 0.686 bits per heavy atom. The van der Waals surface area contributed by atoms with Crippen molar-refractivity contribution >= 4 is 13.7 Å². The van der Waals surface area contributed by atoms with Crippen molar-refractivity contribution in [3.8, 4) is 0 Å². The number of unbranched alkanes of at least 4 members (excludes halogenated alkanes) is 12. The maximum absolute atomic E-state index is 12.8. The highest BCUT2D eigenvalue weighted by Crippen LogP contribution is 2.47. The van der Waals surface area contributed by atoms with Crippen molar-refractivity contribution in [2.45, 2.75) is 184 Å². The molecule has 298 valence electrons. The average Bonchev–Trinajstić information content (AvgIpc) is 3.09. The summed E-state index contributed by atoms with van der Waals surface area (Å²) in [6.45, 7) is 3.59. The van der Waals surface area contributed by atoms with Gasteiger partial charge in [0.05, 0.1) is 31.3 Å². The number of hydrogen-bond acceptors (Lipinski definition) is 11. The van der Waals surface area contributed by atoms with Gasteiger partial charge in [-0.3, -0.25) is 13.8 Å². The van der Waals surface area contributed by atoms with Gasteiger partial charge >= 0.3 is 7.82 Å². The average molecular weight is 750 g/mol. The van der Waals surface area contributed by atoms with Crippen LogP contribution < -0.4 is 5.32 Å². The maximum Gasteiger partial charge on any atom is 0.472 e. The van der Waals surface area contributed by atoms with Gasteiger partial charge in [-0.2, -0.15) is 0 Å². The van der Waals surface area contributed by atoms with Gasteiger partial charge in [-0.1, -0.05) is 108 Å². The number of rotatable bonds is 29. The second-order valence-electron chi connectivity index (χ2n) is 13.6. The largest absolute Gasteiger partial charge is 0.472 e. The molecule has 0 radical (unpaired) electrons. The number of amides is 1. The molecule has 51 heavy (non-hydrogen) atoms. The summed E-state index contributed by atoms with van der Waals surface area (Å²) in [5, 5.41) is 73.8. The van der Waals surface area contributed by atoms with Crippen molar-refractivity contribution < 1.29 is 59.0 Å². The minimum Gasteiger partial charge on any atom is -0.393 e. The number of aliphatic hydroxyl groups excluding tert-OH is 7. The Kier molecular flexibility index (Phi) is 26.1. The molecule has 1 fully saturated rings. The first kappa shape index (κ1) is 47.5. The van der Waals surface area contributed by atoms with E-state index in [4.69, 9.17) is 9.05 Å². The van der Waals surface area contributed by atoms with Gasteiger partial charge in [-0.05, 0) is 51.4 Å².